The number of terminal acetylenes is 1. The third-order valence-corrected chi connectivity index (χ3v) is 4.71. The van der Waals surface area contributed by atoms with Crippen molar-refractivity contribution in [3.05, 3.63) is 53.6 Å². The van der Waals surface area contributed by atoms with E-state index in [0.717, 1.165) is 0 Å². The van der Waals surface area contributed by atoms with E-state index in [4.69, 9.17) is 11.2 Å². The highest BCUT2D eigenvalue weighted by Gasteiger charge is 2.20. The zero-order chi connectivity index (χ0) is 17.7. The van der Waals surface area contributed by atoms with Crippen LogP contribution in [0.2, 0.25) is 0 Å². The molecule has 0 aliphatic rings. The Balaban J connectivity index is 2.36. The second-order valence-electron chi connectivity index (χ2n) is 4.75. The van der Waals surface area contributed by atoms with Gasteiger partial charge in [0.2, 0.25) is 10.0 Å². The van der Waals surface area contributed by atoms with Gasteiger partial charge in [0.05, 0.1) is 7.11 Å². The summed E-state index contributed by atoms with van der Waals surface area (Å²) in [5.41, 5.74) is 1.32. The monoisotopic (exact) mass is 344 g/mol. The molecular weight excluding hydrogens is 328 g/mol. The van der Waals surface area contributed by atoms with Gasteiger partial charge in [0.1, 0.15) is 10.6 Å². The summed E-state index contributed by atoms with van der Waals surface area (Å²) in [5.74, 6) is 2.17. The first-order valence-corrected chi connectivity index (χ1v) is 8.39. The molecule has 0 aromatic heterocycles. The highest BCUT2D eigenvalue weighted by atomic mass is 32.2. The van der Waals surface area contributed by atoms with E-state index in [-0.39, 0.29) is 16.2 Å². The number of hydrogen-bond donors (Lipinski definition) is 2. The molecule has 2 N–H and O–H groups in total. The predicted octanol–water partition coefficient (Wildman–Crippen LogP) is 1.84. The first-order chi connectivity index (χ1) is 11.4. The molecule has 0 fully saturated rings. The number of methoxy groups -OCH3 is 1. The number of amides is 1. The van der Waals surface area contributed by atoms with Crippen LogP contribution in [0.1, 0.15) is 15.9 Å². The highest BCUT2D eigenvalue weighted by molar-refractivity contribution is 7.89. The molecule has 0 bridgehead atoms. The van der Waals surface area contributed by atoms with Crippen molar-refractivity contribution in [3.8, 4) is 18.1 Å². The Morgan fingerprint density at radius 3 is 2.58 bits per heavy atom. The standard InChI is InChI=1S/C17H16N2O4S/c1-4-12-6-5-7-14(10-12)19-17(20)13-8-9-15(23-3)16(11-13)24(21,22)18-2/h1,5-11,18H,2-3H3,(H,19,20). The van der Waals surface area contributed by atoms with E-state index in [1.807, 2.05) is 0 Å². The van der Waals surface area contributed by atoms with Crippen LogP contribution in [0.5, 0.6) is 5.75 Å². The van der Waals surface area contributed by atoms with Gasteiger partial charge in [0.15, 0.2) is 0 Å². The van der Waals surface area contributed by atoms with Crippen molar-refractivity contribution in [1.29, 1.82) is 0 Å². The molecule has 0 saturated heterocycles. The Labute approximate surface area is 140 Å². The van der Waals surface area contributed by atoms with Gasteiger partial charge < -0.3 is 10.1 Å². The van der Waals surface area contributed by atoms with Crippen LogP contribution in [0.25, 0.3) is 0 Å². The number of nitrogens with one attached hydrogen (secondary N) is 2. The number of ether oxygens (including phenoxy) is 1. The smallest absolute Gasteiger partial charge is 0.255 e. The SMILES string of the molecule is C#Cc1cccc(NC(=O)c2ccc(OC)c(S(=O)(=O)NC)c2)c1. The van der Waals surface area contributed by atoms with Gasteiger partial charge in [-0.3, -0.25) is 4.79 Å². The van der Waals surface area contributed by atoms with E-state index in [1.165, 1.54) is 32.4 Å². The molecular formula is C17H16N2O4S. The number of benzene rings is 2. The number of sulfonamides is 1. The van der Waals surface area contributed by atoms with E-state index in [1.54, 1.807) is 24.3 Å². The minimum atomic E-state index is -3.76. The number of anilines is 1. The van der Waals surface area contributed by atoms with Crippen LogP contribution >= 0.6 is 0 Å². The second-order valence-corrected chi connectivity index (χ2v) is 6.61. The third kappa shape index (κ3) is 3.74. The molecule has 0 saturated carbocycles. The zero-order valence-electron chi connectivity index (χ0n) is 13.2. The highest BCUT2D eigenvalue weighted by Crippen LogP contribution is 2.25. The van der Waals surface area contributed by atoms with E-state index < -0.39 is 15.9 Å². The normalized spacial score (nSPS) is 10.7. The van der Waals surface area contributed by atoms with Gasteiger partial charge in [-0.15, -0.1) is 6.42 Å². The number of carbonyl (C=O) groups excluding carboxylic acids is 1. The number of carbonyl (C=O) groups is 1. The van der Waals surface area contributed by atoms with E-state index in [0.29, 0.717) is 11.3 Å². The van der Waals surface area contributed by atoms with E-state index in [9.17, 15) is 13.2 Å². The van der Waals surface area contributed by atoms with Crippen LogP contribution in [-0.2, 0) is 10.0 Å². The quantitative estimate of drug-likeness (QED) is 0.811. The molecule has 1 amide bonds. The summed E-state index contributed by atoms with van der Waals surface area (Å²) in [6, 6.07) is 11.0. The topological polar surface area (TPSA) is 84.5 Å². The van der Waals surface area contributed by atoms with Gasteiger partial charge in [0.25, 0.3) is 5.91 Å². The van der Waals surface area contributed by atoms with Crippen LogP contribution in [0, 0.1) is 12.3 Å². The Hall–Kier alpha value is -2.82. The Bertz CT molecular complexity index is 914. The van der Waals surface area contributed by atoms with Crippen molar-refractivity contribution >= 4 is 21.6 Å². The van der Waals surface area contributed by atoms with Crippen molar-refractivity contribution in [3.63, 3.8) is 0 Å². The van der Waals surface area contributed by atoms with Crippen LogP contribution in [-0.4, -0.2) is 28.5 Å². The van der Waals surface area contributed by atoms with Crippen LogP contribution in [0.3, 0.4) is 0 Å². The molecule has 24 heavy (non-hydrogen) atoms. The molecule has 0 spiro atoms. The summed E-state index contributed by atoms with van der Waals surface area (Å²) >= 11 is 0. The van der Waals surface area contributed by atoms with Crippen molar-refractivity contribution in [1.82, 2.24) is 4.72 Å². The lowest BCUT2D eigenvalue weighted by Crippen LogP contribution is -2.20. The van der Waals surface area contributed by atoms with Crippen LogP contribution in [0.4, 0.5) is 5.69 Å². The molecule has 2 aromatic carbocycles. The van der Waals surface area contributed by atoms with Crippen LogP contribution in [0.15, 0.2) is 47.4 Å². The molecule has 0 aliphatic carbocycles. The summed E-state index contributed by atoms with van der Waals surface area (Å²) in [4.78, 5) is 12.2. The number of rotatable bonds is 5. The van der Waals surface area contributed by atoms with Crippen molar-refractivity contribution in [2.24, 2.45) is 0 Å². The minimum Gasteiger partial charge on any atom is -0.495 e. The molecule has 7 heteroatoms. The summed E-state index contributed by atoms with van der Waals surface area (Å²) in [6.45, 7) is 0. The maximum absolute atomic E-state index is 12.4. The fraction of sp³-hybridized carbons (Fsp3) is 0.118. The average molecular weight is 344 g/mol. The molecule has 0 aliphatic heterocycles. The van der Waals surface area contributed by atoms with Gasteiger partial charge in [-0.05, 0) is 43.4 Å². The van der Waals surface area contributed by atoms with Gasteiger partial charge in [-0.25, -0.2) is 13.1 Å². The third-order valence-electron chi connectivity index (χ3n) is 3.27. The van der Waals surface area contributed by atoms with E-state index in [2.05, 4.69) is 16.0 Å². The maximum Gasteiger partial charge on any atom is 0.255 e. The molecule has 0 atom stereocenters. The van der Waals surface area contributed by atoms with Crippen molar-refractivity contribution in [2.45, 2.75) is 4.90 Å². The molecule has 2 rings (SSSR count). The lowest BCUT2D eigenvalue weighted by Gasteiger charge is -2.11. The van der Waals surface area contributed by atoms with Crippen molar-refractivity contribution in [2.75, 3.05) is 19.5 Å². The van der Waals surface area contributed by atoms with Crippen molar-refractivity contribution < 1.29 is 17.9 Å². The fourth-order valence-electron chi connectivity index (χ4n) is 2.03. The summed E-state index contributed by atoms with van der Waals surface area (Å²) < 4.78 is 31.4. The van der Waals surface area contributed by atoms with Gasteiger partial charge >= 0.3 is 0 Å². The largest absolute Gasteiger partial charge is 0.495 e. The zero-order valence-corrected chi connectivity index (χ0v) is 14.0. The Kier molecular flexibility index (Phi) is 5.24. The second kappa shape index (κ2) is 7.17. The summed E-state index contributed by atoms with van der Waals surface area (Å²) in [7, 11) is -1.12. The molecule has 0 unspecified atom stereocenters. The first-order valence-electron chi connectivity index (χ1n) is 6.91. The summed E-state index contributed by atoms with van der Waals surface area (Å²) in [5, 5.41) is 2.68. The Morgan fingerprint density at radius 1 is 1.21 bits per heavy atom. The average Bonchev–Trinajstić information content (AvgIpc) is 2.61. The Morgan fingerprint density at radius 2 is 1.96 bits per heavy atom. The molecule has 6 nitrogen and oxygen atoms in total. The number of hydrogen-bond acceptors (Lipinski definition) is 4. The van der Waals surface area contributed by atoms with E-state index >= 15 is 0 Å². The predicted molar refractivity (Wildman–Crippen MR) is 91.6 cm³/mol. The summed E-state index contributed by atoms with van der Waals surface area (Å²) in [6.07, 6.45) is 5.33. The lowest BCUT2D eigenvalue weighted by atomic mass is 10.1. The van der Waals surface area contributed by atoms with Gasteiger partial charge in [-0.1, -0.05) is 12.0 Å². The minimum absolute atomic E-state index is 0.113. The van der Waals surface area contributed by atoms with Gasteiger partial charge in [0, 0.05) is 16.8 Å². The molecule has 2 aromatic rings. The first kappa shape index (κ1) is 17.5. The molecule has 0 radical (unpaired) electrons. The molecule has 124 valence electrons. The van der Waals surface area contributed by atoms with Crippen LogP contribution < -0.4 is 14.8 Å². The lowest BCUT2D eigenvalue weighted by molar-refractivity contribution is 0.102. The fourth-order valence-corrected chi connectivity index (χ4v) is 2.95. The molecule has 0 heterocycles. The van der Waals surface area contributed by atoms with Gasteiger partial charge in [-0.2, -0.15) is 0 Å². The maximum atomic E-state index is 12.4.